The Balaban J connectivity index is 1.54. The number of nitrogens with zero attached hydrogens (tertiary/aromatic N) is 1. The molecule has 1 saturated heterocycles. The number of aryl methyl sites for hydroxylation is 1. The summed E-state index contributed by atoms with van der Waals surface area (Å²) in [5.41, 5.74) is 2.90. The van der Waals surface area contributed by atoms with E-state index < -0.39 is 0 Å². The van der Waals surface area contributed by atoms with E-state index in [-0.39, 0.29) is 0 Å². The first-order valence-corrected chi connectivity index (χ1v) is 8.10. The predicted octanol–water partition coefficient (Wildman–Crippen LogP) is 1.99. The fraction of sp³-hybridized carbons (Fsp3) is 0.647. The minimum Gasteiger partial charge on any atom is -0.492 e. The highest BCUT2D eigenvalue weighted by molar-refractivity contribution is 5.39. The second-order valence-electron chi connectivity index (χ2n) is 5.90. The molecule has 116 valence electrons. The Kier molecular flexibility index (Phi) is 5.12. The van der Waals surface area contributed by atoms with Crippen molar-refractivity contribution in [2.45, 2.75) is 25.3 Å². The van der Waals surface area contributed by atoms with Crippen LogP contribution < -0.4 is 10.1 Å². The average Bonchev–Trinajstić information content (AvgIpc) is 2.55. The second kappa shape index (κ2) is 7.25. The summed E-state index contributed by atoms with van der Waals surface area (Å²) in [5.74, 6) is 1.01. The normalized spacial score (nSPS) is 22.8. The summed E-state index contributed by atoms with van der Waals surface area (Å²) in [6.07, 6.45) is 3.67. The average molecular weight is 290 g/mol. The molecular weight excluding hydrogens is 264 g/mol. The van der Waals surface area contributed by atoms with Crippen LogP contribution in [-0.2, 0) is 11.2 Å². The molecule has 21 heavy (non-hydrogen) atoms. The number of ether oxygens (including phenoxy) is 2. The van der Waals surface area contributed by atoms with E-state index in [2.05, 4.69) is 28.4 Å². The van der Waals surface area contributed by atoms with Crippen molar-refractivity contribution in [2.24, 2.45) is 0 Å². The third-order valence-electron chi connectivity index (χ3n) is 4.56. The van der Waals surface area contributed by atoms with Gasteiger partial charge in [0.25, 0.3) is 0 Å². The Bertz CT molecular complexity index is 458. The SMILES string of the molecule is CNC1CCCc2cc(OCCN3CCOCC3)ccc21. The highest BCUT2D eigenvalue weighted by Gasteiger charge is 2.19. The fourth-order valence-corrected chi connectivity index (χ4v) is 3.30. The van der Waals surface area contributed by atoms with Crippen LogP contribution in [0, 0.1) is 0 Å². The minimum absolute atomic E-state index is 0.510. The number of hydrogen-bond donors (Lipinski definition) is 1. The van der Waals surface area contributed by atoms with Gasteiger partial charge in [0.05, 0.1) is 13.2 Å². The molecule has 1 fully saturated rings. The predicted molar refractivity (Wildman–Crippen MR) is 83.9 cm³/mol. The molecule has 1 unspecified atom stereocenters. The van der Waals surface area contributed by atoms with Crippen molar-refractivity contribution in [1.82, 2.24) is 10.2 Å². The van der Waals surface area contributed by atoms with Gasteiger partial charge in [-0.15, -0.1) is 0 Å². The van der Waals surface area contributed by atoms with Gasteiger partial charge in [0.15, 0.2) is 0 Å². The first-order valence-electron chi connectivity index (χ1n) is 8.10. The molecule has 1 aliphatic carbocycles. The van der Waals surface area contributed by atoms with Crippen LogP contribution in [0.25, 0.3) is 0 Å². The topological polar surface area (TPSA) is 33.7 Å². The Hall–Kier alpha value is -1.10. The van der Waals surface area contributed by atoms with Crippen molar-refractivity contribution in [3.8, 4) is 5.75 Å². The lowest BCUT2D eigenvalue weighted by atomic mass is 9.87. The molecule has 0 saturated carbocycles. The standard InChI is InChI=1S/C17H26N2O2/c1-18-17-4-2-3-14-13-15(5-6-16(14)17)21-12-9-19-7-10-20-11-8-19/h5-6,13,17-18H,2-4,7-12H2,1H3. The van der Waals surface area contributed by atoms with Gasteiger partial charge >= 0.3 is 0 Å². The molecule has 0 aromatic heterocycles. The maximum absolute atomic E-state index is 5.94. The van der Waals surface area contributed by atoms with E-state index in [1.807, 2.05) is 7.05 Å². The number of rotatable bonds is 5. The maximum Gasteiger partial charge on any atom is 0.119 e. The molecule has 2 aliphatic rings. The van der Waals surface area contributed by atoms with Gasteiger partial charge in [-0.3, -0.25) is 4.90 Å². The minimum atomic E-state index is 0.510. The number of hydrogen-bond acceptors (Lipinski definition) is 4. The van der Waals surface area contributed by atoms with E-state index in [0.717, 1.165) is 45.2 Å². The van der Waals surface area contributed by atoms with Gasteiger partial charge in [0, 0.05) is 25.7 Å². The van der Waals surface area contributed by atoms with Gasteiger partial charge in [0.2, 0.25) is 0 Å². The fourth-order valence-electron chi connectivity index (χ4n) is 3.30. The van der Waals surface area contributed by atoms with E-state index in [1.165, 1.54) is 30.4 Å². The molecule has 0 radical (unpaired) electrons. The molecule has 1 N–H and O–H groups in total. The number of fused-ring (bicyclic) bond motifs is 1. The zero-order valence-corrected chi connectivity index (χ0v) is 12.9. The van der Waals surface area contributed by atoms with Crippen LogP contribution in [0.4, 0.5) is 0 Å². The zero-order valence-electron chi connectivity index (χ0n) is 12.9. The first kappa shape index (κ1) is 14.8. The highest BCUT2D eigenvalue weighted by Crippen LogP contribution is 2.31. The van der Waals surface area contributed by atoms with Crippen molar-refractivity contribution >= 4 is 0 Å². The van der Waals surface area contributed by atoms with Gasteiger partial charge in [0.1, 0.15) is 12.4 Å². The number of morpholine rings is 1. The lowest BCUT2D eigenvalue weighted by Gasteiger charge is -2.27. The van der Waals surface area contributed by atoms with Gasteiger partial charge in [-0.25, -0.2) is 0 Å². The van der Waals surface area contributed by atoms with Crippen LogP contribution in [0.1, 0.15) is 30.0 Å². The highest BCUT2D eigenvalue weighted by atomic mass is 16.5. The molecule has 1 atom stereocenters. The third-order valence-corrected chi connectivity index (χ3v) is 4.56. The molecule has 4 nitrogen and oxygen atoms in total. The largest absolute Gasteiger partial charge is 0.492 e. The second-order valence-corrected chi connectivity index (χ2v) is 5.90. The van der Waals surface area contributed by atoms with Crippen molar-refractivity contribution in [3.05, 3.63) is 29.3 Å². The summed E-state index contributed by atoms with van der Waals surface area (Å²) in [6.45, 7) is 5.50. The van der Waals surface area contributed by atoms with Crippen molar-refractivity contribution in [3.63, 3.8) is 0 Å². The van der Waals surface area contributed by atoms with Gasteiger partial charge in [-0.05, 0) is 49.6 Å². The van der Waals surface area contributed by atoms with Crippen molar-refractivity contribution < 1.29 is 9.47 Å². The van der Waals surface area contributed by atoms with Crippen LogP contribution in [0.5, 0.6) is 5.75 Å². The van der Waals surface area contributed by atoms with Crippen LogP contribution in [0.2, 0.25) is 0 Å². The lowest BCUT2D eigenvalue weighted by Crippen LogP contribution is -2.38. The third kappa shape index (κ3) is 3.76. The van der Waals surface area contributed by atoms with E-state index in [9.17, 15) is 0 Å². The van der Waals surface area contributed by atoms with Crippen LogP contribution >= 0.6 is 0 Å². The summed E-state index contributed by atoms with van der Waals surface area (Å²) >= 11 is 0. The molecule has 1 aliphatic heterocycles. The number of nitrogens with one attached hydrogen (secondary N) is 1. The van der Waals surface area contributed by atoms with Crippen LogP contribution in [0.15, 0.2) is 18.2 Å². The van der Waals surface area contributed by atoms with E-state index >= 15 is 0 Å². The Morgan fingerprint density at radius 2 is 2.19 bits per heavy atom. The molecule has 1 aromatic rings. The molecule has 0 spiro atoms. The quantitative estimate of drug-likeness (QED) is 0.899. The van der Waals surface area contributed by atoms with Crippen molar-refractivity contribution in [2.75, 3.05) is 46.5 Å². The summed E-state index contributed by atoms with van der Waals surface area (Å²) in [5, 5.41) is 3.41. The molecule has 0 bridgehead atoms. The maximum atomic E-state index is 5.94. The molecule has 1 aromatic carbocycles. The van der Waals surface area contributed by atoms with Gasteiger partial charge in [-0.2, -0.15) is 0 Å². The molecule has 1 heterocycles. The molecule has 0 amide bonds. The smallest absolute Gasteiger partial charge is 0.119 e. The summed E-state index contributed by atoms with van der Waals surface area (Å²) < 4.78 is 11.3. The van der Waals surface area contributed by atoms with Crippen LogP contribution in [0.3, 0.4) is 0 Å². The molecular formula is C17H26N2O2. The summed E-state index contributed by atoms with van der Waals surface area (Å²) in [6, 6.07) is 7.10. The Labute approximate surface area is 127 Å². The summed E-state index contributed by atoms with van der Waals surface area (Å²) in [7, 11) is 2.05. The monoisotopic (exact) mass is 290 g/mol. The van der Waals surface area contributed by atoms with Gasteiger partial charge in [-0.1, -0.05) is 6.07 Å². The molecule has 4 heteroatoms. The molecule has 3 rings (SSSR count). The summed E-state index contributed by atoms with van der Waals surface area (Å²) in [4.78, 5) is 2.40. The number of benzene rings is 1. The van der Waals surface area contributed by atoms with E-state index in [0.29, 0.717) is 6.04 Å². The van der Waals surface area contributed by atoms with Crippen molar-refractivity contribution in [1.29, 1.82) is 0 Å². The van der Waals surface area contributed by atoms with Gasteiger partial charge < -0.3 is 14.8 Å². The Morgan fingerprint density at radius 3 is 3.00 bits per heavy atom. The first-order chi connectivity index (χ1) is 10.4. The van der Waals surface area contributed by atoms with Crippen LogP contribution in [-0.4, -0.2) is 51.4 Å². The van der Waals surface area contributed by atoms with E-state index in [4.69, 9.17) is 9.47 Å². The van der Waals surface area contributed by atoms with E-state index in [1.54, 1.807) is 0 Å². The zero-order chi connectivity index (χ0) is 14.5. The lowest BCUT2D eigenvalue weighted by molar-refractivity contribution is 0.0322. The Morgan fingerprint density at radius 1 is 1.33 bits per heavy atom.